The SMILES string of the molecule is CCC(N)C(C)c1ccc(OCc2ccccc2)cc1. The Morgan fingerprint density at radius 1 is 1.00 bits per heavy atom. The maximum absolute atomic E-state index is 6.09. The monoisotopic (exact) mass is 269 g/mol. The van der Waals surface area contributed by atoms with Gasteiger partial charge in [-0.3, -0.25) is 0 Å². The molecule has 0 radical (unpaired) electrons. The third-order valence-electron chi connectivity index (χ3n) is 3.77. The van der Waals surface area contributed by atoms with E-state index >= 15 is 0 Å². The smallest absolute Gasteiger partial charge is 0.119 e. The fourth-order valence-corrected chi connectivity index (χ4v) is 2.21. The zero-order chi connectivity index (χ0) is 14.4. The predicted octanol–water partition coefficient (Wildman–Crippen LogP) is 4.11. The van der Waals surface area contributed by atoms with E-state index in [1.807, 2.05) is 30.3 Å². The van der Waals surface area contributed by atoms with E-state index in [2.05, 4.69) is 38.1 Å². The highest BCUT2D eigenvalue weighted by Gasteiger charge is 2.12. The first-order valence-corrected chi connectivity index (χ1v) is 7.23. The van der Waals surface area contributed by atoms with E-state index in [1.54, 1.807) is 0 Å². The molecule has 2 aromatic rings. The lowest BCUT2D eigenvalue weighted by atomic mass is 9.92. The summed E-state index contributed by atoms with van der Waals surface area (Å²) < 4.78 is 5.78. The highest BCUT2D eigenvalue weighted by atomic mass is 16.5. The Hall–Kier alpha value is -1.80. The lowest BCUT2D eigenvalue weighted by molar-refractivity contribution is 0.306. The maximum atomic E-state index is 6.09. The van der Waals surface area contributed by atoms with E-state index in [0.29, 0.717) is 12.5 Å². The highest BCUT2D eigenvalue weighted by Crippen LogP contribution is 2.22. The Balaban J connectivity index is 1.95. The van der Waals surface area contributed by atoms with Crippen molar-refractivity contribution in [1.29, 1.82) is 0 Å². The molecule has 2 atom stereocenters. The van der Waals surface area contributed by atoms with Gasteiger partial charge in [0.1, 0.15) is 12.4 Å². The summed E-state index contributed by atoms with van der Waals surface area (Å²) in [6, 6.07) is 18.7. The Bertz CT molecular complexity index is 507. The molecule has 20 heavy (non-hydrogen) atoms. The van der Waals surface area contributed by atoms with Crippen molar-refractivity contribution in [3.8, 4) is 5.75 Å². The van der Waals surface area contributed by atoms with Crippen LogP contribution in [0.1, 0.15) is 37.3 Å². The molecule has 0 saturated heterocycles. The molecular weight excluding hydrogens is 246 g/mol. The molecule has 0 bridgehead atoms. The first-order chi connectivity index (χ1) is 9.70. The molecule has 0 saturated carbocycles. The molecule has 2 heteroatoms. The minimum atomic E-state index is 0.214. The summed E-state index contributed by atoms with van der Waals surface area (Å²) in [6.45, 7) is 4.90. The van der Waals surface area contributed by atoms with Crippen LogP contribution in [-0.2, 0) is 6.61 Å². The van der Waals surface area contributed by atoms with Crippen molar-refractivity contribution in [3.63, 3.8) is 0 Å². The van der Waals surface area contributed by atoms with E-state index in [1.165, 1.54) is 11.1 Å². The van der Waals surface area contributed by atoms with Gasteiger partial charge in [-0.05, 0) is 35.6 Å². The minimum Gasteiger partial charge on any atom is -0.489 e. The molecule has 0 aromatic heterocycles. The van der Waals surface area contributed by atoms with Crippen LogP contribution in [0.25, 0.3) is 0 Å². The van der Waals surface area contributed by atoms with Gasteiger partial charge in [-0.1, -0.05) is 56.3 Å². The van der Waals surface area contributed by atoms with E-state index in [4.69, 9.17) is 10.5 Å². The van der Waals surface area contributed by atoms with Crippen LogP contribution in [0, 0.1) is 0 Å². The van der Waals surface area contributed by atoms with Gasteiger partial charge < -0.3 is 10.5 Å². The van der Waals surface area contributed by atoms with Gasteiger partial charge in [0, 0.05) is 6.04 Å². The third kappa shape index (κ3) is 3.84. The Morgan fingerprint density at radius 2 is 1.65 bits per heavy atom. The van der Waals surface area contributed by atoms with Gasteiger partial charge in [0.05, 0.1) is 0 Å². The minimum absolute atomic E-state index is 0.214. The average molecular weight is 269 g/mol. The van der Waals surface area contributed by atoms with Crippen molar-refractivity contribution < 1.29 is 4.74 Å². The Labute approximate surface area is 121 Å². The second-order valence-corrected chi connectivity index (χ2v) is 5.20. The van der Waals surface area contributed by atoms with E-state index < -0.39 is 0 Å². The second kappa shape index (κ2) is 7.11. The van der Waals surface area contributed by atoms with E-state index in [-0.39, 0.29) is 6.04 Å². The number of rotatable bonds is 6. The molecule has 106 valence electrons. The number of benzene rings is 2. The van der Waals surface area contributed by atoms with Gasteiger partial charge in [0.25, 0.3) is 0 Å². The van der Waals surface area contributed by atoms with Crippen molar-refractivity contribution in [3.05, 3.63) is 65.7 Å². The summed E-state index contributed by atoms with van der Waals surface area (Å²) in [7, 11) is 0. The van der Waals surface area contributed by atoms with Crippen LogP contribution in [0.5, 0.6) is 5.75 Å². The molecule has 0 spiro atoms. The molecule has 2 rings (SSSR count). The first kappa shape index (κ1) is 14.6. The number of hydrogen-bond acceptors (Lipinski definition) is 2. The molecule has 0 aliphatic heterocycles. The van der Waals surface area contributed by atoms with Gasteiger partial charge in [0.15, 0.2) is 0 Å². The topological polar surface area (TPSA) is 35.2 Å². The predicted molar refractivity (Wildman–Crippen MR) is 83.9 cm³/mol. The average Bonchev–Trinajstić information content (AvgIpc) is 2.53. The summed E-state index contributed by atoms with van der Waals surface area (Å²) in [5, 5.41) is 0. The molecular formula is C18H23NO. The van der Waals surface area contributed by atoms with Crippen molar-refractivity contribution in [2.24, 2.45) is 5.73 Å². The van der Waals surface area contributed by atoms with E-state index in [0.717, 1.165) is 12.2 Å². The van der Waals surface area contributed by atoms with E-state index in [9.17, 15) is 0 Å². The van der Waals surface area contributed by atoms with Crippen LogP contribution in [0.3, 0.4) is 0 Å². The lowest BCUT2D eigenvalue weighted by Gasteiger charge is -2.19. The Kier molecular flexibility index (Phi) is 5.19. The van der Waals surface area contributed by atoms with Gasteiger partial charge in [-0.25, -0.2) is 0 Å². The summed E-state index contributed by atoms with van der Waals surface area (Å²) in [6.07, 6.45) is 0.993. The summed E-state index contributed by atoms with van der Waals surface area (Å²) >= 11 is 0. The quantitative estimate of drug-likeness (QED) is 0.856. The maximum Gasteiger partial charge on any atom is 0.119 e. The summed E-state index contributed by atoms with van der Waals surface area (Å²) in [5.41, 5.74) is 8.54. The zero-order valence-corrected chi connectivity index (χ0v) is 12.3. The molecule has 2 N–H and O–H groups in total. The number of nitrogens with two attached hydrogens (primary N) is 1. The Morgan fingerprint density at radius 3 is 2.25 bits per heavy atom. The molecule has 0 aliphatic carbocycles. The molecule has 2 unspecified atom stereocenters. The van der Waals surface area contributed by atoms with Gasteiger partial charge in [0.2, 0.25) is 0 Å². The molecule has 0 aliphatic rings. The van der Waals surface area contributed by atoms with Crippen LogP contribution >= 0.6 is 0 Å². The zero-order valence-electron chi connectivity index (χ0n) is 12.3. The highest BCUT2D eigenvalue weighted by molar-refractivity contribution is 5.30. The van der Waals surface area contributed by atoms with Crippen molar-refractivity contribution >= 4 is 0 Å². The van der Waals surface area contributed by atoms with Gasteiger partial charge in [-0.2, -0.15) is 0 Å². The van der Waals surface area contributed by atoms with Crippen LogP contribution in [0.2, 0.25) is 0 Å². The normalized spacial score (nSPS) is 13.8. The third-order valence-corrected chi connectivity index (χ3v) is 3.77. The number of hydrogen-bond donors (Lipinski definition) is 1. The molecule has 0 fully saturated rings. The molecule has 2 aromatic carbocycles. The largest absolute Gasteiger partial charge is 0.489 e. The molecule has 2 nitrogen and oxygen atoms in total. The van der Waals surface area contributed by atoms with Crippen LogP contribution < -0.4 is 10.5 Å². The second-order valence-electron chi connectivity index (χ2n) is 5.20. The van der Waals surface area contributed by atoms with Crippen molar-refractivity contribution in [1.82, 2.24) is 0 Å². The van der Waals surface area contributed by atoms with Crippen molar-refractivity contribution in [2.75, 3.05) is 0 Å². The van der Waals surface area contributed by atoms with Crippen LogP contribution in [0.15, 0.2) is 54.6 Å². The van der Waals surface area contributed by atoms with Crippen molar-refractivity contribution in [2.45, 2.75) is 38.8 Å². The van der Waals surface area contributed by atoms with Gasteiger partial charge in [-0.15, -0.1) is 0 Å². The lowest BCUT2D eigenvalue weighted by Crippen LogP contribution is -2.25. The van der Waals surface area contributed by atoms with Gasteiger partial charge >= 0.3 is 0 Å². The van der Waals surface area contributed by atoms with Crippen LogP contribution in [-0.4, -0.2) is 6.04 Å². The summed E-state index contributed by atoms with van der Waals surface area (Å²) in [5.74, 6) is 1.28. The summed E-state index contributed by atoms with van der Waals surface area (Å²) in [4.78, 5) is 0. The fraction of sp³-hybridized carbons (Fsp3) is 0.333. The standard InChI is InChI=1S/C18H23NO/c1-3-18(19)14(2)16-9-11-17(12-10-16)20-13-15-7-5-4-6-8-15/h4-12,14,18H,3,13,19H2,1-2H3. The molecule has 0 heterocycles. The van der Waals surface area contributed by atoms with Crippen LogP contribution in [0.4, 0.5) is 0 Å². The first-order valence-electron chi connectivity index (χ1n) is 7.23. The number of ether oxygens (including phenoxy) is 1. The fourth-order valence-electron chi connectivity index (χ4n) is 2.21. The molecule has 0 amide bonds.